The smallest absolute Gasteiger partial charge is 0.263 e. The van der Waals surface area contributed by atoms with Crippen LogP contribution < -0.4 is 10.0 Å². The molecule has 0 atom stereocenters. The number of nitrogens with one attached hydrogen (secondary N) is 2. The Kier molecular flexibility index (Phi) is 5.93. The topological polar surface area (TPSA) is 93.1 Å². The molecule has 0 saturated heterocycles. The molecule has 32 heavy (non-hydrogen) atoms. The number of hydrogen-bond acceptors (Lipinski definition) is 4. The van der Waals surface area contributed by atoms with Crippen molar-refractivity contribution in [2.24, 2.45) is 0 Å². The number of benzene rings is 3. The summed E-state index contributed by atoms with van der Waals surface area (Å²) in [5, 5.41) is 6.86. The van der Waals surface area contributed by atoms with Gasteiger partial charge in [-0.3, -0.25) is 9.52 Å². The fourth-order valence-electron chi connectivity index (χ4n) is 2.88. The number of nitrogens with zero attached hydrogens (tertiary/aromatic N) is 2. The standard InChI is InChI=1S/C22H16ClFN4O3S/c23-19-11-6-15(14-20(19)32(30,31)27-17-9-7-16(24)8-10-17)22(29)25-21-12-13-28(26-21)18-4-2-1-3-5-18/h1-14,27H,(H,25,26,29). The number of halogens is 2. The third-order valence-corrected chi connectivity index (χ3v) is 6.29. The van der Waals surface area contributed by atoms with Crippen molar-refractivity contribution < 1.29 is 17.6 Å². The highest BCUT2D eigenvalue weighted by atomic mass is 35.5. The lowest BCUT2D eigenvalue weighted by Gasteiger charge is -2.11. The summed E-state index contributed by atoms with van der Waals surface area (Å²) in [6, 6.07) is 19.7. The molecular weight excluding hydrogens is 455 g/mol. The monoisotopic (exact) mass is 470 g/mol. The summed E-state index contributed by atoms with van der Waals surface area (Å²) >= 11 is 6.08. The number of carbonyl (C=O) groups is 1. The van der Waals surface area contributed by atoms with E-state index in [1.807, 2.05) is 30.3 Å². The van der Waals surface area contributed by atoms with Crippen LogP contribution in [0.15, 0.2) is 90.0 Å². The molecule has 162 valence electrons. The van der Waals surface area contributed by atoms with Gasteiger partial charge in [-0.25, -0.2) is 17.5 Å². The zero-order chi connectivity index (χ0) is 22.7. The van der Waals surface area contributed by atoms with Gasteiger partial charge in [0, 0.05) is 23.5 Å². The number of sulfonamides is 1. The van der Waals surface area contributed by atoms with Crippen LogP contribution in [0.2, 0.25) is 5.02 Å². The average molecular weight is 471 g/mol. The number of rotatable bonds is 6. The van der Waals surface area contributed by atoms with Gasteiger partial charge in [-0.2, -0.15) is 5.10 Å². The van der Waals surface area contributed by atoms with Crippen molar-refractivity contribution in [3.8, 4) is 5.69 Å². The highest BCUT2D eigenvalue weighted by Crippen LogP contribution is 2.25. The van der Waals surface area contributed by atoms with Gasteiger partial charge >= 0.3 is 0 Å². The third-order valence-electron chi connectivity index (χ3n) is 4.43. The molecule has 0 spiro atoms. The van der Waals surface area contributed by atoms with E-state index in [-0.39, 0.29) is 21.2 Å². The molecule has 7 nitrogen and oxygen atoms in total. The Morgan fingerprint density at radius 1 is 0.969 bits per heavy atom. The molecule has 0 saturated carbocycles. The molecule has 3 aromatic carbocycles. The van der Waals surface area contributed by atoms with Crippen molar-refractivity contribution in [2.75, 3.05) is 10.0 Å². The first-order chi connectivity index (χ1) is 15.3. The molecular formula is C22H16ClFN4O3S. The first-order valence-electron chi connectivity index (χ1n) is 9.32. The molecule has 10 heteroatoms. The molecule has 0 aliphatic heterocycles. The molecule has 4 rings (SSSR count). The third kappa shape index (κ3) is 4.79. The molecule has 4 aromatic rings. The van der Waals surface area contributed by atoms with Gasteiger partial charge in [-0.1, -0.05) is 29.8 Å². The van der Waals surface area contributed by atoms with Crippen LogP contribution in [0.4, 0.5) is 15.9 Å². The number of hydrogen-bond donors (Lipinski definition) is 2. The van der Waals surface area contributed by atoms with Crippen LogP contribution in [-0.2, 0) is 10.0 Å². The molecule has 0 unspecified atom stereocenters. The quantitative estimate of drug-likeness (QED) is 0.426. The minimum absolute atomic E-state index is 0.0653. The summed E-state index contributed by atoms with van der Waals surface area (Å²) in [5.74, 6) is -0.764. The Morgan fingerprint density at radius 2 is 1.69 bits per heavy atom. The minimum Gasteiger partial charge on any atom is -0.305 e. The number of carbonyl (C=O) groups excluding carboxylic acids is 1. The fraction of sp³-hybridized carbons (Fsp3) is 0. The maximum absolute atomic E-state index is 13.1. The summed E-state index contributed by atoms with van der Waals surface area (Å²) < 4.78 is 42.5. The predicted octanol–water partition coefficient (Wildman–Crippen LogP) is 4.72. The van der Waals surface area contributed by atoms with E-state index < -0.39 is 21.7 Å². The van der Waals surface area contributed by atoms with Gasteiger partial charge in [0.1, 0.15) is 10.7 Å². The van der Waals surface area contributed by atoms with Crippen LogP contribution in [0.5, 0.6) is 0 Å². The van der Waals surface area contributed by atoms with Crippen LogP contribution in [0.25, 0.3) is 5.69 Å². The maximum atomic E-state index is 13.1. The second-order valence-electron chi connectivity index (χ2n) is 6.69. The second kappa shape index (κ2) is 8.81. The summed E-state index contributed by atoms with van der Waals surface area (Å²) in [5.41, 5.74) is 1.05. The van der Waals surface area contributed by atoms with Gasteiger partial charge in [-0.15, -0.1) is 0 Å². The summed E-state index contributed by atoms with van der Waals surface area (Å²) in [6.07, 6.45) is 1.69. The molecule has 1 aromatic heterocycles. The zero-order valence-corrected chi connectivity index (χ0v) is 17.9. The van der Waals surface area contributed by atoms with Gasteiger partial charge in [0.05, 0.1) is 10.7 Å². The van der Waals surface area contributed by atoms with Crippen LogP contribution in [-0.4, -0.2) is 24.1 Å². The van der Waals surface area contributed by atoms with E-state index in [0.717, 1.165) is 23.9 Å². The van der Waals surface area contributed by atoms with E-state index in [1.54, 1.807) is 16.9 Å². The summed E-state index contributed by atoms with van der Waals surface area (Å²) in [4.78, 5) is 12.4. The van der Waals surface area contributed by atoms with E-state index in [9.17, 15) is 17.6 Å². The molecule has 0 fully saturated rings. The van der Waals surface area contributed by atoms with Gasteiger partial charge in [0.2, 0.25) is 0 Å². The van der Waals surface area contributed by atoms with Crippen LogP contribution in [0.3, 0.4) is 0 Å². The Morgan fingerprint density at radius 3 is 2.41 bits per heavy atom. The molecule has 2 N–H and O–H groups in total. The normalized spacial score (nSPS) is 11.2. The summed E-state index contributed by atoms with van der Waals surface area (Å²) in [7, 11) is -4.12. The maximum Gasteiger partial charge on any atom is 0.263 e. The lowest BCUT2D eigenvalue weighted by molar-refractivity contribution is 0.102. The first-order valence-corrected chi connectivity index (χ1v) is 11.2. The Bertz CT molecular complexity index is 1370. The van der Waals surface area contributed by atoms with Crippen LogP contribution in [0.1, 0.15) is 10.4 Å². The van der Waals surface area contributed by atoms with Gasteiger partial charge < -0.3 is 5.32 Å². The number of amides is 1. The van der Waals surface area contributed by atoms with Crippen molar-refractivity contribution >= 4 is 39.0 Å². The molecule has 1 amide bonds. The van der Waals surface area contributed by atoms with Crippen molar-refractivity contribution in [1.82, 2.24) is 9.78 Å². The first kappa shape index (κ1) is 21.5. The SMILES string of the molecule is O=C(Nc1ccn(-c2ccccc2)n1)c1ccc(Cl)c(S(=O)(=O)Nc2ccc(F)cc2)c1. The van der Waals surface area contributed by atoms with E-state index in [1.165, 1.54) is 24.3 Å². The molecule has 0 bridgehead atoms. The number of anilines is 2. The van der Waals surface area contributed by atoms with Crippen LogP contribution >= 0.6 is 11.6 Å². The number of aromatic nitrogens is 2. The Labute approximate surface area is 188 Å². The van der Waals surface area contributed by atoms with E-state index in [2.05, 4.69) is 15.1 Å². The van der Waals surface area contributed by atoms with Crippen molar-refractivity contribution in [3.05, 3.63) is 101 Å². The van der Waals surface area contributed by atoms with Crippen molar-refractivity contribution in [2.45, 2.75) is 4.90 Å². The van der Waals surface area contributed by atoms with Gasteiger partial charge in [0.25, 0.3) is 15.9 Å². The van der Waals surface area contributed by atoms with Gasteiger partial charge in [-0.05, 0) is 54.6 Å². The van der Waals surface area contributed by atoms with Crippen molar-refractivity contribution in [1.29, 1.82) is 0 Å². The predicted molar refractivity (Wildman–Crippen MR) is 120 cm³/mol. The highest BCUT2D eigenvalue weighted by Gasteiger charge is 2.21. The fourth-order valence-corrected chi connectivity index (χ4v) is 4.47. The Balaban J connectivity index is 1.55. The second-order valence-corrected chi connectivity index (χ2v) is 8.75. The van der Waals surface area contributed by atoms with Gasteiger partial charge in [0.15, 0.2) is 5.82 Å². The molecule has 1 heterocycles. The lowest BCUT2D eigenvalue weighted by Crippen LogP contribution is -2.16. The molecule has 0 aliphatic rings. The number of para-hydroxylation sites is 1. The molecule has 0 radical (unpaired) electrons. The Hall–Kier alpha value is -3.69. The average Bonchev–Trinajstić information content (AvgIpc) is 3.24. The summed E-state index contributed by atoms with van der Waals surface area (Å²) in [6.45, 7) is 0. The minimum atomic E-state index is -4.12. The van der Waals surface area contributed by atoms with E-state index in [0.29, 0.717) is 5.82 Å². The van der Waals surface area contributed by atoms with Crippen molar-refractivity contribution in [3.63, 3.8) is 0 Å². The van der Waals surface area contributed by atoms with Crippen LogP contribution in [0, 0.1) is 5.82 Å². The highest BCUT2D eigenvalue weighted by molar-refractivity contribution is 7.92. The lowest BCUT2D eigenvalue weighted by atomic mass is 10.2. The van der Waals surface area contributed by atoms with E-state index >= 15 is 0 Å². The zero-order valence-electron chi connectivity index (χ0n) is 16.4. The largest absolute Gasteiger partial charge is 0.305 e. The molecule has 0 aliphatic carbocycles. The van der Waals surface area contributed by atoms with E-state index in [4.69, 9.17) is 11.6 Å².